The molecular formula is C20H9F15NO+. The minimum absolute atomic E-state index is 0.181. The Balaban J connectivity index is 2.76. The molecule has 0 aliphatic carbocycles. The SMILES string of the molecule is Cc1cccc2c1OC[N+](c1c(C(F)(F)F)c(C(F)(F)F)c(C(F)(F)F)c(C(F)(F)F)c1C(F)(F)F)=C2. The van der Waals surface area contributed by atoms with Crippen LogP contribution in [-0.2, 0) is 30.9 Å². The van der Waals surface area contributed by atoms with Crippen molar-refractivity contribution in [2.75, 3.05) is 6.73 Å². The van der Waals surface area contributed by atoms with Crippen LogP contribution < -0.4 is 4.74 Å². The number of ether oxygens (including phenoxy) is 1. The largest absolute Gasteiger partial charge is 0.435 e. The molecule has 0 spiro atoms. The van der Waals surface area contributed by atoms with Gasteiger partial charge >= 0.3 is 30.9 Å². The summed E-state index contributed by atoms with van der Waals surface area (Å²) < 4.78 is 211. The second-order valence-electron chi connectivity index (χ2n) is 7.58. The van der Waals surface area contributed by atoms with Crippen molar-refractivity contribution in [3.05, 3.63) is 57.1 Å². The van der Waals surface area contributed by atoms with E-state index in [1.807, 2.05) is 0 Å². The number of halogens is 15. The van der Waals surface area contributed by atoms with Gasteiger partial charge in [-0.25, -0.2) is 0 Å². The van der Waals surface area contributed by atoms with Crippen LogP contribution in [0.1, 0.15) is 38.9 Å². The van der Waals surface area contributed by atoms with Crippen molar-refractivity contribution in [2.45, 2.75) is 37.8 Å². The molecular weight excluding hydrogens is 555 g/mol. The summed E-state index contributed by atoms with van der Waals surface area (Å²) in [6.07, 6.45) is -33.6. The normalized spacial score (nSPS) is 15.3. The fourth-order valence-corrected chi connectivity index (χ4v) is 3.87. The summed E-state index contributed by atoms with van der Waals surface area (Å²) in [6, 6.07) is 3.53. The van der Waals surface area contributed by atoms with Gasteiger partial charge in [-0.15, -0.1) is 0 Å². The zero-order valence-electron chi connectivity index (χ0n) is 17.5. The molecule has 0 amide bonds. The summed E-state index contributed by atoms with van der Waals surface area (Å²) in [5, 5.41) is 0. The molecule has 0 aromatic heterocycles. The minimum Gasteiger partial charge on any atom is -0.435 e. The summed E-state index contributed by atoms with van der Waals surface area (Å²) >= 11 is 0. The van der Waals surface area contributed by atoms with Gasteiger partial charge in [-0.3, -0.25) is 0 Å². The van der Waals surface area contributed by atoms with Gasteiger partial charge in [0.25, 0.3) is 6.73 Å². The van der Waals surface area contributed by atoms with E-state index >= 15 is 0 Å². The Hall–Kier alpha value is -3.14. The number of rotatable bonds is 1. The first kappa shape index (κ1) is 28.4. The molecule has 0 N–H and O–H groups in total. The molecule has 17 heteroatoms. The molecule has 1 aliphatic heterocycles. The van der Waals surface area contributed by atoms with Gasteiger partial charge in [0, 0.05) is 0 Å². The highest BCUT2D eigenvalue weighted by atomic mass is 19.4. The molecule has 0 saturated heterocycles. The average molecular weight is 564 g/mol. The third kappa shape index (κ3) is 5.16. The monoisotopic (exact) mass is 564 g/mol. The lowest BCUT2D eigenvalue weighted by molar-refractivity contribution is -0.480. The maximum Gasteiger partial charge on any atom is 0.423 e. The summed E-state index contributed by atoms with van der Waals surface area (Å²) in [5.41, 5.74) is -22.3. The van der Waals surface area contributed by atoms with Crippen LogP contribution in [0.5, 0.6) is 5.75 Å². The van der Waals surface area contributed by atoms with Gasteiger partial charge in [0.2, 0.25) is 5.69 Å². The van der Waals surface area contributed by atoms with Crippen LogP contribution in [0.25, 0.3) is 0 Å². The fourth-order valence-electron chi connectivity index (χ4n) is 3.87. The van der Waals surface area contributed by atoms with Crippen LogP contribution in [0.4, 0.5) is 71.5 Å². The van der Waals surface area contributed by atoms with Crippen LogP contribution in [0.2, 0.25) is 0 Å². The first-order valence-corrected chi connectivity index (χ1v) is 9.41. The predicted octanol–water partition coefficient (Wildman–Crippen LogP) is 8.20. The van der Waals surface area contributed by atoms with E-state index < -0.39 is 75.7 Å². The summed E-state index contributed by atoms with van der Waals surface area (Å²) in [4.78, 5) is 0. The fraction of sp³-hybridized carbons (Fsp3) is 0.350. The van der Waals surface area contributed by atoms with Crippen molar-refractivity contribution in [1.29, 1.82) is 0 Å². The second-order valence-corrected chi connectivity index (χ2v) is 7.58. The van der Waals surface area contributed by atoms with Gasteiger partial charge in [-0.1, -0.05) is 12.1 Å². The molecule has 1 heterocycles. The van der Waals surface area contributed by atoms with Crippen LogP contribution >= 0.6 is 0 Å². The van der Waals surface area contributed by atoms with Crippen LogP contribution in [0.3, 0.4) is 0 Å². The molecule has 0 bridgehead atoms. The van der Waals surface area contributed by atoms with Crippen LogP contribution in [0.15, 0.2) is 18.2 Å². The Morgan fingerprint density at radius 1 is 0.595 bits per heavy atom. The van der Waals surface area contributed by atoms with Crippen molar-refractivity contribution in [2.24, 2.45) is 0 Å². The molecule has 0 saturated carbocycles. The van der Waals surface area contributed by atoms with Gasteiger partial charge in [0.15, 0.2) is 6.21 Å². The Labute approximate surface area is 195 Å². The molecule has 2 aromatic rings. The smallest absolute Gasteiger partial charge is 0.423 e. The highest BCUT2D eigenvalue weighted by molar-refractivity contribution is 5.83. The van der Waals surface area contributed by atoms with E-state index in [0.717, 1.165) is 6.07 Å². The van der Waals surface area contributed by atoms with E-state index in [-0.39, 0.29) is 16.9 Å². The number of nitrogens with zero attached hydrogens (tertiary/aromatic N) is 1. The highest BCUT2D eigenvalue weighted by Gasteiger charge is 2.63. The van der Waals surface area contributed by atoms with Crippen LogP contribution in [-0.4, -0.2) is 17.5 Å². The Bertz CT molecular complexity index is 1200. The third-order valence-electron chi connectivity index (χ3n) is 5.06. The van der Waals surface area contributed by atoms with Crippen LogP contribution in [0, 0.1) is 6.92 Å². The quantitative estimate of drug-likeness (QED) is 0.251. The number of fused-ring (bicyclic) bond motifs is 1. The predicted molar refractivity (Wildman–Crippen MR) is 93.2 cm³/mol. The zero-order valence-corrected chi connectivity index (χ0v) is 17.5. The lowest BCUT2D eigenvalue weighted by atomic mass is 9.86. The molecule has 2 nitrogen and oxygen atoms in total. The van der Waals surface area contributed by atoms with Crippen molar-refractivity contribution in [1.82, 2.24) is 0 Å². The van der Waals surface area contributed by atoms with Gasteiger partial charge in [-0.2, -0.15) is 70.4 Å². The molecule has 0 unspecified atom stereocenters. The Kier molecular flexibility index (Phi) is 6.49. The maximum absolute atomic E-state index is 13.9. The summed E-state index contributed by atoms with van der Waals surface area (Å²) in [7, 11) is 0. The van der Waals surface area contributed by atoms with E-state index in [4.69, 9.17) is 4.74 Å². The van der Waals surface area contributed by atoms with Crippen molar-refractivity contribution >= 4 is 11.9 Å². The first-order valence-electron chi connectivity index (χ1n) is 9.41. The lowest BCUT2D eigenvalue weighted by Crippen LogP contribution is -2.34. The highest BCUT2D eigenvalue weighted by Crippen LogP contribution is 2.58. The first-order chi connectivity index (χ1) is 16.5. The van der Waals surface area contributed by atoms with Gasteiger partial charge < -0.3 is 4.74 Å². The molecule has 37 heavy (non-hydrogen) atoms. The second kappa shape index (κ2) is 8.44. The number of para-hydroxylation sites is 1. The van der Waals surface area contributed by atoms with Crippen molar-refractivity contribution in [3.63, 3.8) is 0 Å². The van der Waals surface area contributed by atoms with E-state index in [1.165, 1.54) is 19.1 Å². The van der Waals surface area contributed by atoms with Crippen molar-refractivity contribution < 1.29 is 75.2 Å². The summed E-state index contributed by atoms with van der Waals surface area (Å²) in [5.74, 6) is -0.181. The van der Waals surface area contributed by atoms with Gasteiger partial charge in [-0.05, 0) is 18.6 Å². The van der Waals surface area contributed by atoms with Gasteiger partial charge in [0.05, 0.1) is 22.3 Å². The molecule has 0 atom stereocenters. The van der Waals surface area contributed by atoms with E-state index in [9.17, 15) is 65.9 Å². The zero-order chi connectivity index (χ0) is 28.5. The molecule has 2 aromatic carbocycles. The standard InChI is InChI=1S/C20H9F15NO/c1-7-3-2-4-8-5-36(6-37-15(7)8)14-12(19(30,31)32)10(17(24,25)26)9(16(21,22)23)11(18(27,28)29)13(14)20(33,34)35/h2-5H,6H2,1H3/q+1. The van der Waals surface area contributed by atoms with Crippen molar-refractivity contribution in [3.8, 4) is 5.75 Å². The molecule has 0 radical (unpaired) electrons. The molecule has 3 rings (SSSR count). The average Bonchev–Trinajstić information content (AvgIpc) is 2.68. The number of hydrogen-bond donors (Lipinski definition) is 0. The number of hydrogen-bond acceptors (Lipinski definition) is 1. The van der Waals surface area contributed by atoms with Gasteiger partial charge in [0.1, 0.15) is 16.9 Å². The number of alkyl halides is 15. The molecule has 1 aliphatic rings. The van der Waals surface area contributed by atoms with E-state index in [1.54, 1.807) is 0 Å². The summed E-state index contributed by atoms with van der Waals surface area (Å²) in [6.45, 7) is -0.143. The topological polar surface area (TPSA) is 12.2 Å². The van der Waals surface area contributed by atoms with E-state index in [0.29, 0.717) is 6.21 Å². The third-order valence-corrected chi connectivity index (χ3v) is 5.06. The Morgan fingerprint density at radius 2 is 0.973 bits per heavy atom. The number of aryl methyl sites for hydroxylation is 1. The number of benzene rings is 2. The molecule has 204 valence electrons. The molecule has 0 fully saturated rings. The lowest BCUT2D eigenvalue weighted by Gasteiger charge is -2.29. The van der Waals surface area contributed by atoms with E-state index in [2.05, 4.69) is 0 Å². The maximum atomic E-state index is 13.9. The minimum atomic E-state index is -6.94. The Morgan fingerprint density at radius 3 is 1.35 bits per heavy atom.